The number of hydrogen-bond donors (Lipinski definition) is 6. The Morgan fingerprint density at radius 1 is 0.433 bits per heavy atom. The molecule has 0 unspecified atom stereocenters. The Morgan fingerprint density at radius 2 is 0.667 bits per heavy atom. The third-order valence-corrected chi connectivity index (χ3v) is 3.99. The van der Waals surface area contributed by atoms with E-state index in [2.05, 4.69) is 32.2 Å². The third kappa shape index (κ3) is 8.50. The van der Waals surface area contributed by atoms with Crippen LogP contribution in [0.2, 0.25) is 0 Å². The number of hydrazine groups is 3. The van der Waals surface area contributed by atoms with E-state index in [1.807, 2.05) is 15.0 Å². The predicted octanol–water partition coefficient (Wildman–Crippen LogP) is -3.34. The largest absolute Gasteiger partial charge is 0.369 e. The van der Waals surface area contributed by atoms with Crippen molar-refractivity contribution in [2.45, 2.75) is 18.9 Å². The molecule has 180 valence electrons. The topological polar surface area (TPSA) is 137 Å². The Labute approximate surface area is 178 Å². The summed E-state index contributed by atoms with van der Waals surface area (Å²) in [5.41, 5.74) is 9.75. The molecule has 0 spiro atoms. The van der Waals surface area contributed by atoms with Crippen LogP contribution in [0.4, 0.5) is 0 Å². The molecule has 30 heavy (non-hydrogen) atoms. The Morgan fingerprint density at radius 3 is 0.867 bits per heavy atom. The van der Waals surface area contributed by atoms with Crippen LogP contribution in [0.3, 0.4) is 0 Å². The average Bonchev–Trinajstić information content (AvgIpc) is 2.76. The van der Waals surface area contributed by atoms with E-state index in [-0.39, 0.29) is 20.2 Å². The normalized spacial score (nSPS) is 24.0. The maximum absolute atomic E-state index is 5.25. The zero-order valence-electron chi connectivity index (χ0n) is 18.8. The lowest BCUT2D eigenvalue weighted by Crippen LogP contribution is -2.85. The maximum atomic E-state index is 5.25. The molecular formula is C15H39N9O6. The highest BCUT2D eigenvalue weighted by Crippen LogP contribution is 2.18. The molecule has 0 bridgehead atoms. The van der Waals surface area contributed by atoms with E-state index < -0.39 is 18.9 Å². The number of nitrogens with zero attached hydrogens (tertiary/aromatic N) is 3. The summed E-state index contributed by atoms with van der Waals surface area (Å²) in [6, 6.07) is 0. The van der Waals surface area contributed by atoms with Crippen LogP contribution in [0.5, 0.6) is 0 Å². The van der Waals surface area contributed by atoms with Crippen molar-refractivity contribution in [1.82, 2.24) is 47.3 Å². The van der Waals surface area contributed by atoms with Gasteiger partial charge in [-0.3, -0.25) is 16.0 Å². The van der Waals surface area contributed by atoms with Gasteiger partial charge < -0.3 is 28.4 Å². The van der Waals surface area contributed by atoms with E-state index in [4.69, 9.17) is 28.4 Å². The highest BCUT2D eigenvalue weighted by molar-refractivity contribution is 4.83. The van der Waals surface area contributed by atoms with E-state index in [0.29, 0.717) is 20.2 Å². The van der Waals surface area contributed by atoms with Gasteiger partial charge in [-0.05, 0) is 0 Å². The van der Waals surface area contributed by atoms with Crippen LogP contribution >= 0.6 is 0 Å². The van der Waals surface area contributed by atoms with Gasteiger partial charge in [-0.15, -0.1) is 0 Å². The number of nitrogens with one attached hydrogen (secondary N) is 6. The fourth-order valence-corrected chi connectivity index (χ4v) is 2.80. The van der Waals surface area contributed by atoms with Crippen LogP contribution in [-0.2, 0) is 28.4 Å². The van der Waals surface area contributed by atoms with Crippen LogP contribution in [-0.4, -0.2) is 117 Å². The van der Waals surface area contributed by atoms with Gasteiger partial charge in [0.1, 0.15) is 39.1 Å². The molecule has 1 rings (SSSR count). The van der Waals surface area contributed by atoms with Crippen LogP contribution in [0, 0.1) is 0 Å². The SMILES string of the molecule is COCNC1N(NCOC)C(NCOC)N(NCOC)C(NCOC)N1NCOC. The molecule has 0 aromatic heterocycles. The summed E-state index contributed by atoms with van der Waals surface area (Å²) in [4.78, 5) is 0. The van der Waals surface area contributed by atoms with Crippen LogP contribution < -0.4 is 32.2 Å². The van der Waals surface area contributed by atoms with Crippen molar-refractivity contribution in [2.75, 3.05) is 83.0 Å². The van der Waals surface area contributed by atoms with Gasteiger partial charge in [-0.1, -0.05) is 0 Å². The molecule has 0 aromatic rings. The van der Waals surface area contributed by atoms with Gasteiger partial charge >= 0.3 is 0 Å². The first kappa shape index (κ1) is 27.4. The summed E-state index contributed by atoms with van der Waals surface area (Å²) in [5.74, 6) is 0. The summed E-state index contributed by atoms with van der Waals surface area (Å²) < 4.78 is 31.5. The molecule has 0 aromatic carbocycles. The van der Waals surface area contributed by atoms with Crippen molar-refractivity contribution in [3.05, 3.63) is 0 Å². The molecule has 0 radical (unpaired) electrons. The molecule has 1 aliphatic rings. The van der Waals surface area contributed by atoms with Crippen LogP contribution in [0.1, 0.15) is 0 Å². The lowest BCUT2D eigenvalue weighted by atomic mass is 10.4. The molecule has 0 aliphatic carbocycles. The fourth-order valence-electron chi connectivity index (χ4n) is 2.80. The molecule has 6 N–H and O–H groups in total. The molecule has 15 nitrogen and oxygen atoms in total. The first-order valence-corrected chi connectivity index (χ1v) is 9.39. The van der Waals surface area contributed by atoms with Crippen molar-refractivity contribution >= 4 is 0 Å². The average molecular weight is 442 g/mol. The molecule has 0 saturated carbocycles. The quantitative estimate of drug-likeness (QED) is 0.118. The summed E-state index contributed by atoms with van der Waals surface area (Å²) in [7, 11) is 9.67. The molecule has 0 atom stereocenters. The first-order valence-electron chi connectivity index (χ1n) is 9.39. The second-order valence-electron chi connectivity index (χ2n) is 6.03. The lowest BCUT2D eigenvalue weighted by molar-refractivity contribution is -0.273. The fraction of sp³-hybridized carbons (Fsp3) is 1.00. The summed E-state index contributed by atoms with van der Waals surface area (Å²) in [6.07, 6.45) is -1.25. The molecule has 1 heterocycles. The van der Waals surface area contributed by atoms with Crippen molar-refractivity contribution < 1.29 is 28.4 Å². The van der Waals surface area contributed by atoms with Gasteiger partial charge in [0.05, 0.1) is 20.2 Å². The summed E-state index contributed by atoms with van der Waals surface area (Å²) in [5, 5.41) is 15.7. The predicted molar refractivity (Wildman–Crippen MR) is 107 cm³/mol. The van der Waals surface area contributed by atoms with Gasteiger partial charge in [-0.25, -0.2) is 16.3 Å². The Hall–Kier alpha value is -0.600. The smallest absolute Gasteiger partial charge is 0.150 e. The summed E-state index contributed by atoms with van der Waals surface area (Å²) >= 11 is 0. The van der Waals surface area contributed by atoms with Gasteiger partial charge in [0.2, 0.25) is 0 Å². The lowest BCUT2D eigenvalue weighted by Gasteiger charge is -2.56. The van der Waals surface area contributed by atoms with Crippen molar-refractivity contribution in [2.24, 2.45) is 0 Å². The van der Waals surface area contributed by atoms with Gasteiger partial charge in [0.15, 0.2) is 0 Å². The zero-order valence-corrected chi connectivity index (χ0v) is 18.8. The minimum absolute atomic E-state index is 0.267. The number of hydrogen-bond acceptors (Lipinski definition) is 15. The second kappa shape index (κ2) is 17.0. The van der Waals surface area contributed by atoms with E-state index >= 15 is 0 Å². The van der Waals surface area contributed by atoms with Crippen molar-refractivity contribution in [3.63, 3.8) is 0 Å². The van der Waals surface area contributed by atoms with Crippen molar-refractivity contribution in [3.8, 4) is 0 Å². The third-order valence-electron chi connectivity index (χ3n) is 3.99. The van der Waals surface area contributed by atoms with E-state index in [0.717, 1.165) is 0 Å². The van der Waals surface area contributed by atoms with Crippen molar-refractivity contribution in [1.29, 1.82) is 0 Å². The van der Waals surface area contributed by atoms with E-state index in [1.165, 1.54) is 0 Å². The molecule has 0 amide bonds. The van der Waals surface area contributed by atoms with Gasteiger partial charge in [-0.2, -0.15) is 15.0 Å². The van der Waals surface area contributed by atoms with E-state index in [1.54, 1.807) is 42.7 Å². The molecule has 1 aliphatic heterocycles. The first-order chi connectivity index (χ1) is 14.7. The van der Waals surface area contributed by atoms with Crippen LogP contribution in [0.15, 0.2) is 0 Å². The highest BCUT2D eigenvalue weighted by Gasteiger charge is 2.46. The standard InChI is InChI=1S/C15H39N9O6/c1-25-7-16-13-22(19-10-28-4)14(17-8-26-2)24(21-12-30-6)15(18-9-27-3)23(13)20-11-29-5/h13-21H,7-12H2,1-6H3. The Kier molecular flexibility index (Phi) is 15.6. The molecular weight excluding hydrogens is 402 g/mol. The zero-order chi connectivity index (χ0) is 22.2. The molecule has 1 saturated heterocycles. The van der Waals surface area contributed by atoms with E-state index in [9.17, 15) is 0 Å². The molecule has 1 fully saturated rings. The highest BCUT2D eigenvalue weighted by atomic mass is 16.5. The number of methoxy groups -OCH3 is 6. The number of rotatable bonds is 18. The monoisotopic (exact) mass is 441 g/mol. The minimum Gasteiger partial charge on any atom is -0.369 e. The number of ether oxygens (including phenoxy) is 6. The van der Waals surface area contributed by atoms with Gasteiger partial charge in [0.25, 0.3) is 0 Å². The van der Waals surface area contributed by atoms with Crippen LogP contribution in [0.25, 0.3) is 0 Å². The minimum atomic E-state index is -0.417. The Bertz CT molecular complexity index is 312. The Balaban J connectivity index is 3.31. The maximum Gasteiger partial charge on any atom is 0.150 e. The second-order valence-corrected chi connectivity index (χ2v) is 6.03. The molecule has 15 heteroatoms. The summed E-state index contributed by atoms with van der Waals surface area (Å²) in [6.45, 7) is 1.68. The van der Waals surface area contributed by atoms with Gasteiger partial charge in [0, 0.05) is 42.7 Å².